The van der Waals surface area contributed by atoms with Gasteiger partial charge in [-0.25, -0.2) is 4.98 Å². The van der Waals surface area contributed by atoms with Gasteiger partial charge in [-0.15, -0.1) is 0 Å². The first-order valence-electron chi connectivity index (χ1n) is 9.76. The number of carbonyl (C=O) groups excluding carboxylic acids is 1. The molecule has 29 heavy (non-hydrogen) atoms. The molecule has 1 unspecified atom stereocenters. The van der Waals surface area contributed by atoms with Crippen LogP contribution in [0.25, 0.3) is 11.0 Å². The molecule has 1 aliphatic heterocycles. The van der Waals surface area contributed by atoms with E-state index in [9.17, 15) is 4.79 Å². The smallest absolute Gasteiger partial charge is 0.242 e. The number of nitrogens with zero attached hydrogens (tertiary/aromatic N) is 3. The van der Waals surface area contributed by atoms with Crippen LogP contribution in [0.4, 0.5) is 0 Å². The molecule has 7 heteroatoms. The number of para-hydroxylation sites is 2. The number of carbonyl (C=O) groups is 1. The van der Waals surface area contributed by atoms with Gasteiger partial charge in [0.25, 0.3) is 0 Å². The third kappa shape index (κ3) is 4.23. The van der Waals surface area contributed by atoms with Crippen LogP contribution in [0.15, 0.2) is 42.5 Å². The standard InChI is InChI=1S/C22H24ClN3O3/c1-15-13-17(7-8-18(15)23)29-16(2)22-24-19-5-3-4-6-20(19)26(22)14-21(27)25-9-11-28-12-10-25/h3-8,13,16H,9-12,14H2,1-2H3. The number of ether oxygens (including phenoxy) is 2. The summed E-state index contributed by atoms with van der Waals surface area (Å²) < 4.78 is 13.5. The van der Waals surface area contributed by atoms with Gasteiger partial charge in [-0.3, -0.25) is 4.79 Å². The zero-order valence-corrected chi connectivity index (χ0v) is 17.4. The number of fused-ring (bicyclic) bond motifs is 1. The summed E-state index contributed by atoms with van der Waals surface area (Å²) in [6, 6.07) is 13.4. The molecule has 1 amide bonds. The molecule has 2 heterocycles. The number of hydrogen-bond donors (Lipinski definition) is 0. The molecule has 4 rings (SSSR count). The van der Waals surface area contributed by atoms with E-state index in [1.807, 2.05) is 65.8 Å². The number of halogens is 1. The van der Waals surface area contributed by atoms with Crippen LogP contribution in [0.2, 0.25) is 5.02 Å². The van der Waals surface area contributed by atoms with E-state index in [0.717, 1.165) is 28.2 Å². The summed E-state index contributed by atoms with van der Waals surface area (Å²) in [5.74, 6) is 1.50. The molecule has 1 saturated heterocycles. The van der Waals surface area contributed by atoms with E-state index in [0.29, 0.717) is 31.3 Å². The molecule has 6 nitrogen and oxygen atoms in total. The van der Waals surface area contributed by atoms with Crippen LogP contribution >= 0.6 is 11.6 Å². The molecule has 0 N–H and O–H groups in total. The van der Waals surface area contributed by atoms with Crippen LogP contribution < -0.4 is 4.74 Å². The van der Waals surface area contributed by atoms with Crippen LogP contribution in [0, 0.1) is 6.92 Å². The normalized spacial score (nSPS) is 15.5. The van der Waals surface area contributed by atoms with Crippen molar-refractivity contribution in [3.8, 4) is 5.75 Å². The predicted octanol–water partition coefficient (Wildman–Crippen LogP) is 4.00. The average Bonchev–Trinajstić information content (AvgIpc) is 3.10. The Hall–Kier alpha value is -2.57. The van der Waals surface area contributed by atoms with Gasteiger partial charge in [0.15, 0.2) is 11.9 Å². The van der Waals surface area contributed by atoms with Crippen molar-refractivity contribution in [2.24, 2.45) is 0 Å². The fourth-order valence-corrected chi connectivity index (χ4v) is 3.68. The van der Waals surface area contributed by atoms with Gasteiger partial charge < -0.3 is 18.9 Å². The fraction of sp³-hybridized carbons (Fsp3) is 0.364. The zero-order chi connectivity index (χ0) is 20.4. The Morgan fingerprint density at radius 3 is 2.76 bits per heavy atom. The highest BCUT2D eigenvalue weighted by Gasteiger charge is 2.23. The van der Waals surface area contributed by atoms with Crippen molar-refractivity contribution in [1.82, 2.24) is 14.5 Å². The van der Waals surface area contributed by atoms with Crippen molar-refractivity contribution in [2.75, 3.05) is 26.3 Å². The van der Waals surface area contributed by atoms with Gasteiger partial charge in [-0.05, 0) is 49.7 Å². The first-order valence-corrected chi connectivity index (χ1v) is 10.1. The summed E-state index contributed by atoms with van der Waals surface area (Å²) in [5.41, 5.74) is 2.72. The molecule has 1 aromatic heterocycles. The molecular weight excluding hydrogens is 390 g/mol. The monoisotopic (exact) mass is 413 g/mol. The minimum absolute atomic E-state index is 0.0623. The molecule has 2 aromatic carbocycles. The fourth-order valence-electron chi connectivity index (χ4n) is 3.57. The van der Waals surface area contributed by atoms with Gasteiger partial charge >= 0.3 is 0 Å². The summed E-state index contributed by atoms with van der Waals surface area (Å²) in [7, 11) is 0. The lowest BCUT2D eigenvalue weighted by Gasteiger charge is -2.27. The van der Waals surface area contributed by atoms with E-state index < -0.39 is 0 Å². The first-order chi connectivity index (χ1) is 14.0. The molecule has 0 aliphatic carbocycles. The van der Waals surface area contributed by atoms with E-state index >= 15 is 0 Å². The molecule has 0 spiro atoms. The molecular formula is C22H24ClN3O3. The van der Waals surface area contributed by atoms with E-state index in [-0.39, 0.29) is 18.6 Å². The molecule has 0 saturated carbocycles. The van der Waals surface area contributed by atoms with Crippen molar-refractivity contribution in [3.63, 3.8) is 0 Å². The molecule has 0 radical (unpaired) electrons. The van der Waals surface area contributed by atoms with Crippen LogP contribution in [0.5, 0.6) is 5.75 Å². The number of hydrogen-bond acceptors (Lipinski definition) is 4. The molecule has 152 valence electrons. The second-order valence-electron chi connectivity index (χ2n) is 7.21. The van der Waals surface area contributed by atoms with Gasteiger partial charge in [0.1, 0.15) is 12.3 Å². The van der Waals surface area contributed by atoms with Crippen LogP contribution in [0.1, 0.15) is 24.4 Å². The molecule has 3 aromatic rings. The van der Waals surface area contributed by atoms with Gasteiger partial charge in [0.05, 0.1) is 24.2 Å². The predicted molar refractivity (Wildman–Crippen MR) is 112 cm³/mol. The Labute approximate surface area is 175 Å². The van der Waals surface area contributed by atoms with Gasteiger partial charge in [0, 0.05) is 18.1 Å². The highest BCUT2D eigenvalue weighted by molar-refractivity contribution is 6.31. The Morgan fingerprint density at radius 1 is 1.24 bits per heavy atom. The van der Waals surface area contributed by atoms with Crippen molar-refractivity contribution in [3.05, 3.63) is 58.9 Å². The Bertz CT molecular complexity index is 1030. The number of aryl methyl sites for hydroxylation is 1. The molecule has 0 bridgehead atoms. The third-order valence-electron chi connectivity index (χ3n) is 5.15. The highest BCUT2D eigenvalue weighted by Crippen LogP contribution is 2.28. The lowest BCUT2D eigenvalue weighted by atomic mass is 10.2. The topological polar surface area (TPSA) is 56.6 Å². The highest BCUT2D eigenvalue weighted by atomic mass is 35.5. The van der Waals surface area contributed by atoms with Gasteiger partial charge in [-0.1, -0.05) is 23.7 Å². The molecule has 1 fully saturated rings. The average molecular weight is 414 g/mol. The lowest BCUT2D eigenvalue weighted by molar-refractivity contribution is -0.135. The quantitative estimate of drug-likeness (QED) is 0.634. The van der Waals surface area contributed by atoms with E-state index in [2.05, 4.69) is 0 Å². The van der Waals surface area contributed by atoms with E-state index in [1.54, 1.807) is 0 Å². The van der Waals surface area contributed by atoms with Crippen LogP contribution in [-0.4, -0.2) is 46.7 Å². The van der Waals surface area contributed by atoms with E-state index in [1.165, 1.54) is 0 Å². The van der Waals surface area contributed by atoms with Crippen molar-refractivity contribution >= 4 is 28.5 Å². The van der Waals surface area contributed by atoms with Gasteiger partial charge in [0.2, 0.25) is 5.91 Å². The van der Waals surface area contributed by atoms with Crippen LogP contribution in [0.3, 0.4) is 0 Å². The lowest BCUT2D eigenvalue weighted by Crippen LogP contribution is -2.42. The van der Waals surface area contributed by atoms with E-state index in [4.69, 9.17) is 26.1 Å². The number of morpholine rings is 1. The maximum atomic E-state index is 12.9. The van der Waals surface area contributed by atoms with Crippen molar-refractivity contribution in [1.29, 1.82) is 0 Å². The first kappa shape index (κ1) is 19.7. The maximum Gasteiger partial charge on any atom is 0.242 e. The SMILES string of the molecule is Cc1cc(OC(C)c2nc3ccccc3n2CC(=O)N2CCOCC2)ccc1Cl. The number of benzene rings is 2. The van der Waals surface area contributed by atoms with Crippen molar-refractivity contribution in [2.45, 2.75) is 26.5 Å². The number of rotatable bonds is 5. The Morgan fingerprint density at radius 2 is 2.00 bits per heavy atom. The second-order valence-corrected chi connectivity index (χ2v) is 7.62. The molecule has 1 atom stereocenters. The number of imidazole rings is 1. The number of aromatic nitrogens is 2. The minimum atomic E-state index is -0.333. The number of amides is 1. The summed E-state index contributed by atoms with van der Waals surface area (Å²) in [6.07, 6.45) is -0.333. The van der Waals surface area contributed by atoms with Crippen LogP contribution in [-0.2, 0) is 16.1 Å². The zero-order valence-electron chi connectivity index (χ0n) is 16.6. The largest absolute Gasteiger partial charge is 0.483 e. The molecule has 1 aliphatic rings. The Balaban J connectivity index is 1.63. The van der Waals surface area contributed by atoms with Crippen molar-refractivity contribution < 1.29 is 14.3 Å². The second kappa shape index (κ2) is 8.43. The summed E-state index contributed by atoms with van der Waals surface area (Å²) in [6.45, 7) is 6.52. The summed E-state index contributed by atoms with van der Waals surface area (Å²) >= 11 is 6.12. The summed E-state index contributed by atoms with van der Waals surface area (Å²) in [4.78, 5) is 19.5. The third-order valence-corrected chi connectivity index (χ3v) is 5.57. The minimum Gasteiger partial charge on any atom is -0.483 e. The van der Waals surface area contributed by atoms with Gasteiger partial charge in [-0.2, -0.15) is 0 Å². The Kier molecular flexibility index (Phi) is 5.74. The summed E-state index contributed by atoms with van der Waals surface area (Å²) in [5, 5.41) is 0.702. The maximum absolute atomic E-state index is 12.9.